The van der Waals surface area contributed by atoms with Crippen molar-refractivity contribution in [2.45, 2.75) is 26.5 Å². The van der Waals surface area contributed by atoms with Crippen molar-refractivity contribution in [3.8, 4) is 0 Å². The molecule has 1 unspecified atom stereocenters. The molecule has 1 aromatic carbocycles. The minimum absolute atomic E-state index is 0.123. The van der Waals surface area contributed by atoms with Crippen LogP contribution >= 0.6 is 0 Å². The summed E-state index contributed by atoms with van der Waals surface area (Å²) in [6, 6.07) is 7.71. The third kappa shape index (κ3) is 4.92. The molecule has 2 aromatic rings. The number of nitrogens with zero attached hydrogens (tertiary/aromatic N) is 4. The summed E-state index contributed by atoms with van der Waals surface area (Å²) in [7, 11) is 3.91. The quantitative estimate of drug-likeness (QED) is 0.327. The maximum absolute atomic E-state index is 12.0. The van der Waals surface area contributed by atoms with Crippen LogP contribution < -0.4 is 4.90 Å². The number of esters is 1. The predicted molar refractivity (Wildman–Crippen MR) is 99.0 cm³/mol. The second kappa shape index (κ2) is 8.28. The lowest BCUT2D eigenvalue weighted by atomic mass is 10.2. The third-order valence-electron chi connectivity index (χ3n) is 3.80. The number of aryl methyl sites for hydroxylation is 1. The molecule has 0 aliphatic heterocycles. The largest absolute Gasteiger partial charge is 0.455 e. The van der Waals surface area contributed by atoms with E-state index in [-0.39, 0.29) is 12.4 Å². The Labute approximate surface area is 151 Å². The molecule has 1 aromatic heterocycles. The Kier molecular flexibility index (Phi) is 6.11. The molecule has 0 amide bonds. The fourth-order valence-electron chi connectivity index (χ4n) is 2.41. The maximum Gasteiger partial charge on any atom is 0.342 e. The first-order valence-electron chi connectivity index (χ1n) is 8.10. The highest BCUT2D eigenvalue weighted by molar-refractivity contribution is 5.87. The van der Waals surface area contributed by atoms with E-state index in [4.69, 9.17) is 4.74 Å². The highest BCUT2D eigenvalue weighted by Gasteiger charge is 2.21. The summed E-state index contributed by atoms with van der Waals surface area (Å²) in [6.07, 6.45) is 3.67. The van der Waals surface area contributed by atoms with E-state index >= 15 is 0 Å². The molecular formula is C18H22N4O4. The Morgan fingerprint density at radius 2 is 2.04 bits per heavy atom. The second-order valence-electron chi connectivity index (χ2n) is 6.10. The standard InChI is InChI=1S/C18H22N4O4/c1-13(12-21-14(2)19-11-17(21)22(24)25)26-18(23)10-7-15-5-8-16(9-6-15)20(3)4/h5-11,13H,12H2,1-4H3/b10-7+. The summed E-state index contributed by atoms with van der Waals surface area (Å²) in [6.45, 7) is 3.51. The second-order valence-corrected chi connectivity index (χ2v) is 6.10. The average molecular weight is 358 g/mol. The number of aromatic nitrogens is 2. The first-order chi connectivity index (χ1) is 12.3. The molecule has 0 N–H and O–H groups in total. The lowest BCUT2D eigenvalue weighted by Gasteiger charge is -2.12. The zero-order chi connectivity index (χ0) is 19.3. The van der Waals surface area contributed by atoms with E-state index in [2.05, 4.69) is 4.98 Å². The van der Waals surface area contributed by atoms with Crippen molar-refractivity contribution < 1.29 is 14.5 Å². The number of ether oxygens (including phenoxy) is 1. The van der Waals surface area contributed by atoms with Crippen molar-refractivity contribution in [1.82, 2.24) is 9.55 Å². The number of carbonyl (C=O) groups is 1. The molecule has 0 bridgehead atoms. The molecule has 0 saturated carbocycles. The van der Waals surface area contributed by atoms with Crippen LogP contribution in [0.2, 0.25) is 0 Å². The van der Waals surface area contributed by atoms with E-state index in [1.807, 2.05) is 43.3 Å². The number of hydrogen-bond donors (Lipinski definition) is 0. The van der Waals surface area contributed by atoms with Crippen molar-refractivity contribution >= 4 is 23.6 Å². The van der Waals surface area contributed by atoms with Gasteiger partial charge in [-0.2, -0.15) is 0 Å². The Balaban J connectivity index is 1.95. The molecule has 0 aliphatic rings. The molecule has 0 radical (unpaired) electrons. The fourth-order valence-corrected chi connectivity index (χ4v) is 2.41. The van der Waals surface area contributed by atoms with Crippen LogP contribution in [0.15, 0.2) is 36.5 Å². The third-order valence-corrected chi connectivity index (χ3v) is 3.80. The van der Waals surface area contributed by atoms with Gasteiger partial charge in [0.05, 0.1) is 0 Å². The van der Waals surface area contributed by atoms with Gasteiger partial charge in [0.25, 0.3) is 0 Å². The minimum Gasteiger partial charge on any atom is -0.455 e. The van der Waals surface area contributed by atoms with Gasteiger partial charge in [0.2, 0.25) is 0 Å². The van der Waals surface area contributed by atoms with Crippen LogP contribution in [0, 0.1) is 17.0 Å². The van der Waals surface area contributed by atoms with Crippen LogP contribution in [0.1, 0.15) is 18.3 Å². The van der Waals surface area contributed by atoms with Crippen LogP contribution in [0.4, 0.5) is 11.5 Å². The average Bonchev–Trinajstić information content (AvgIpc) is 2.94. The van der Waals surface area contributed by atoms with Crippen molar-refractivity contribution in [2.75, 3.05) is 19.0 Å². The lowest BCUT2D eigenvalue weighted by molar-refractivity contribution is -0.392. The zero-order valence-corrected chi connectivity index (χ0v) is 15.2. The Hall–Kier alpha value is -3.16. The number of imidazole rings is 1. The SMILES string of the molecule is Cc1ncc([N+](=O)[O-])n1CC(C)OC(=O)/C=C/c1ccc(N(C)C)cc1. The summed E-state index contributed by atoms with van der Waals surface area (Å²) in [5.74, 6) is -0.132. The molecule has 8 heteroatoms. The van der Waals surface area contributed by atoms with Gasteiger partial charge in [-0.3, -0.25) is 0 Å². The molecule has 1 heterocycles. The molecule has 0 saturated heterocycles. The Bertz CT molecular complexity index is 809. The van der Waals surface area contributed by atoms with Crippen LogP contribution in [-0.2, 0) is 16.1 Å². The van der Waals surface area contributed by atoms with Crippen LogP contribution in [-0.4, -0.2) is 40.6 Å². The fraction of sp³-hybridized carbons (Fsp3) is 0.333. The molecule has 0 aliphatic carbocycles. The first-order valence-corrected chi connectivity index (χ1v) is 8.10. The van der Waals surface area contributed by atoms with Gasteiger partial charge in [-0.15, -0.1) is 0 Å². The Morgan fingerprint density at radius 3 is 2.62 bits per heavy atom. The molecule has 1 atom stereocenters. The van der Waals surface area contributed by atoms with Gasteiger partial charge in [0.15, 0.2) is 5.82 Å². The highest BCUT2D eigenvalue weighted by Crippen LogP contribution is 2.16. The molecule has 2 rings (SSSR count). The molecular weight excluding hydrogens is 336 g/mol. The van der Waals surface area contributed by atoms with E-state index in [1.54, 1.807) is 19.9 Å². The van der Waals surface area contributed by atoms with Gasteiger partial charge in [-0.1, -0.05) is 12.1 Å². The van der Waals surface area contributed by atoms with Crippen molar-refractivity contribution in [1.29, 1.82) is 0 Å². The van der Waals surface area contributed by atoms with Crippen LogP contribution in [0.5, 0.6) is 0 Å². The number of carbonyl (C=O) groups excluding carboxylic acids is 1. The maximum atomic E-state index is 12.0. The molecule has 138 valence electrons. The van der Waals surface area contributed by atoms with Gasteiger partial charge in [-0.25, -0.2) is 14.3 Å². The van der Waals surface area contributed by atoms with Gasteiger partial charge in [0.1, 0.15) is 18.8 Å². The normalized spacial score (nSPS) is 12.2. The molecule has 8 nitrogen and oxygen atoms in total. The first kappa shape index (κ1) is 19.2. The number of anilines is 1. The summed E-state index contributed by atoms with van der Waals surface area (Å²) in [4.78, 5) is 28.4. The van der Waals surface area contributed by atoms with E-state index in [1.165, 1.54) is 16.8 Å². The molecule has 0 spiro atoms. The van der Waals surface area contributed by atoms with E-state index in [9.17, 15) is 14.9 Å². The smallest absolute Gasteiger partial charge is 0.342 e. The topological polar surface area (TPSA) is 90.5 Å². The van der Waals surface area contributed by atoms with Gasteiger partial charge in [-0.05, 0) is 35.6 Å². The van der Waals surface area contributed by atoms with E-state index in [0.717, 1.165) is 11.3 Å². The predicted octanol–water partition coefficient (Wildman–Crippen LogP) is 2.81. The van der Waals surface area contributed by atoms with Crippen LogP contribution in [0.3, 0.4) is 0 Å². The number of nitro groups is 1. The minimum atomic E-state index is -0.533. The summed E-state index contributed by atoms with van der Waals surface area (Å²) in [5, 5.41) is 11.0. The highest BCUT2D eigenvalue weighted by atomic mass is 16.6. The van der Waals surface area contributed by atoms with E-state index in [0.29, 0.717) is 5.82 Å². The van der Waals surface area contributed by atoms with Crippen LogP contribution in [0.25, 0.3) is 6.08 Å². The molecule has 26 heavy (non-hydrogen) atoms. The van der Waals surface area contributed by atoms with E-state index < -0.39 is 17.0 Å². The molecule has 0 fully saturated rings. The van der Waals surface area contributed by atoms with Gasteiger partial charge >= 0.3 is 11.8 Å². The Morgan fingerprint density at radius 1 is 1.38 bits per heavy atom. The lowest BCUT2D eigenvalue weighted by Crippen LogP contribution is -2.21. The van der Waals surface area contributed by atoms with Gasteiger partial charge in [0, 0.05) is 32.8 Å². The van der Waals surface area contributed by atoms with Crippen molar-refractivity contribution in [2.24, 2.45) is 0 Å². The monoisotopic (exact) mass is 358 g/mol. The zero-order valence-electron chi connectivity index (χ0n) is 15.2. The summed E-state index contributed by atoms with van der Waals surface area (Å²) >= 11 is 0. The summed E-state index contributed by atoms with van der Waals surface area (Å²) < 4.78 is 6.71. The van der Waals surface area contributed by atoms with Gasteiger partial charge < -0.3 is 19.8 Å². The van der Waals surface area contributed by atoms with Crippen molar-refractivity contribution in [3.05, 3.63) is 58.0 Å². The number of hydrogen-bond acceptors (Lipinski definition) is 6. The number of benzene rings is 1. The van der Waals surface area contributed by atoms with Crippen molar-refractivity contribution in [3.63, 3.8) is 0 Å². The number of rotatable bonds is 7. The summed E-state index contributed by atoms with van der Waals surface area (Å²) in [5.41, 5.74) is 1.94.